The molecular weight excluding hydrogens is 492 g/mol. The normalized spacial score (nSPS) is 19.7. The molecule has 3 aromatic rings. The summed E-state index contributed by atoms with van der Waals surface area (Å²) in [6.07, 6.45) is -10.6. The van der Waals surface area contributed by atoms with Gasteiger partial charge in [0.05, 0.1) is 19.3 Å². The summed E-state index contributed by atoms with van der Waals surface area (Å²) in [5, 5.41) is 1.32. The van der Waals surface area contributed by atoms with Crippen molar-refractivity contribution in [2.24, 2.45) is 0 Å². The Labute approximate surface area is 193 Å². The zero-order valence-electron chi connectivity index (χ0n) is 17.2. The average Bonchev–Trinajstić information content (AvgIpc) is 3.40. The minimum atomic E-state index is -5.19. The lowest BCUT2D eigenvalue weighted by molar-refractivity contribution is -0.155. The van der Waals surface area contributed by atoms with Crippen molar-refractivity contribution < 1.29 is 35.8 Å². The molecule has 7 nitrogen and oxygen atoms in total. The molecule has 14 heteroatoms. The topological polar surface area (TPSA) is 76.2 Å². The smallest absolute Gasteiger partial charge is 0.356 e. The number of ether oxygens (including phenoxy) is 2. The van der Waals surface area contributed by atoms with Crippen molar-refractivity contribution in [2.45, 2.75) is 37.5 Å². The number of hydrogen-bond acceptors (Lipinski definition) is 6. The van der Waals surface area contributed by atoms with Gasteiger partial charge in [-0.15, -0.1) is 0 Å². The van der Waals surface area contributed by atoms with E-state index in [-0.39, 0.29) is 13.0 Å². The van der Waals surface area contributed by atoms with Crippen LogP contribution in [-0.4, -0.2) is 46.0 Å². The van der Waals surface area contributed by atoms with Gasteiger partial charge in [0.15, 0.2) is 6.29 Å². The molecule has 1 atom stereocenters. The van der Waals surface area contributed by atoms with E-state index in [2.05, 4.69) is 19.9 Å². The summed E-state index contributed by atoms with van der Waals surface area (Å²) in [5.74, 6) is -4.54. The number of aromatic amines is 1. The molecule has 0 saturated carbocycles. The van der Waals surface area contributed by atoms with Crippen LogP contribution < -0.4 is 4.90 Å². The van der Waals surface area contributed by atoms with Gasteiger partial charge >= 0.3 is 12.4 Å². The first-order valence-electron chi connectivity index (χ1n) is 10.2. The lowest BCUT2D eigenvalue weighted by Crippen LogP contribution is -2.39. The van der Waals surface area contributed by atoms with Gasteiger partial charge in [-0.2, -0.15) is 36.3 Å². The largest absolute Gasteiger partial charge is 0.451 e. The fourth-order valence-electron chi connectivity index (χ4n) is 4.30. The van der Waals surface area contributed by atoms with E-state index in [0.717, 1.165) is 16.5 Å². The molecule has 0 spiro atoms. The van der Waals surface area contributed by atoms with Crippen molar-refractivity contribution in [1.29, 1.82) is 0 Å². The Morgan fingerprint density at radius 3 is 2.26 bits per heavy atom. The van der Waals surface area contributed by atoms with E-state index < -0.39 is 42.3 Å². The fourth-order valence-corrected chi connectivity index (χ4v) is 4.47. The zero-order chi connectivity index (χ0) is 24.3. The molecule has 2 aromatic heterocycles. The number of nitrogens with zero attached hydrogens (tertiary/aromatic N) is 4. The van der Waals surface area contributed by atoms with E-state index in [9.17, 15) is 26.3 Å². The van der Waals surface area contributed by atoms with E-state index >= 15 is 0 Å². The number of anilines is 1. The van der Waals surface area contributed by atoms with Gasteiger partial charge in [0, 0.05) is 34.6 Å². The molecule has 182 valence electrons. The summed E-state index contributed by atoms with van der Waals surface area (Å²) < 4.78 is 91.1. The maximum atomic E-state index is 13.3. The Morgan fingerprint density at radius 1 is 1.00 bits per heavy atom. The lowest BCUT2D eigenvalue weighted by atomic mass is 9.95. The van der Waals surface area contributed by atoms with Crippen molar-refractivity contribution in [2.75, 3.05) is 24.7 Å². The van der Waals surface area contributed by atoms with Gasteiger partial charge in [-0.25, -0.2) is 4.98 Å². The van der Waals surface area contributed by atoms with E-state index in [1.165, 1.54) is 4.90 Å². The maximum absolute atomic E-state index is 13.3. The molecule has 1 fully saturated rings. The number of hydrogen-bond donors (Lipinski definition) is 1. The van der Waals surface area contributed by atoms with Crippen molar-refractivity contribution in [3.05, 3.63) is 46.1 Å². The minimum absolute atomic E-state index is 0.0580. The van der Waals surface area contributed by atoms with Gasteiger partial charge in [-0.3, -0.25) is 0 Å². The van der Waals surface area contributed by atoms with Crippen LogP contribution in [0.3, 0.4) is 0 Å². The third-order valence-corrected chi connectivity index (χ3v) is 5.94. The molecule has 0 bridgehead atoms. The first kappa shape index (κ1) is 23.1. The number of H-pyrrole nitrogens is 1. The number of benzene rings is 1. The van der Waals surface area contributed by atoms with E-state index in [1.807, 2.05) is 0 Å². The van der Waals surface area contributed by atoms with E-state index in [0.29, 0.717) is 30.4 Å². The van der Waals surface area contributed by atoms with Crippen molar-refractivity contribution in [3.8, 4) is 0 Å². The van der Waals surface area contributed by atoms with Crippen LogP contribution in [0.25, 0.3) is 10.9 Å². The molecule has 1 N–H and O–H groups in total. The number of fused-ring (bicyclic) bond motifs is 3. The summed E-state index contributed by atoms with van der Waals surface area (Å²) in [6, 6.07) is 4.45. The highest BCUT2D eigenvalue weighted by atomic mass is 35.5. The lowest BCUT2D eigenvalue weighted by Gasteiger charge is -2.37. The maximum Gasteiger partial charge on any atom is 0.451 e. The van der Waals surface area contributed by atoms with Crippen molar-refractivity contribution >= 4 is 28.5 Å². The molecule has 1 saturated heterocycles. The van der Waals surface area contributed by atoms with Gasteiger partial charge in [0.1, 0.15) is 0 Å². The minimum Gasteiger partial charge on any atom is -0.356 e. The second-order valence-corrected chi connectivity index (χ2v) is 8.29. The van der Waals surface area contributed by atoms with Crippen LogP contribution in [0, 0.1) is 0 Å². The zero-order valence-corrected chi connectivity index (χ0v) is 17.9. The SMILES string of the molecule is FC(F)(F)c1nc(N2CCc3c([nH]c4ccc(Cl)cc34)C2CC2OCCO2)nc(C(F)(F)F)n1. The second-order valence-electron chi connectivity index (χ2n) is 7.85. The standard InChI is InChI=1S/C20H16ClF6N5O2/c21-9-1-2-12-11(7-9)10-3-4-32(13(15(10)28-12)8-14-33-5-6-34-14)18-30-16(19(22,23)24)29-17(31-18)20(25,26)27/h1-2,7,13-14,28H,3-6,8H2. The van der Waals surface area contributed by atoms with Crippen LogP contribution in [0.2, 0.25) is 5.02 Å². The van der Waals surface area contributed by atoms with E-state index in [4.69, 9.17) is 21.1 Å². The summed E-state index contributed by atoms with van der Waals surface area (Å²) in [5.41, 5.74) is 2.19. The number of nitrogens with one attached hydrogen (secondary N) is 1. The highest BCUT2D eigenvalue weighted by Gasteiger charge is 2.43. The Bertz CT molecular complexity index is 1190. The summed E-state index contributed by atoms with van der Waals surface area (Å²) in [7, 11) is 0. The highest BCUT2D eigenvalue weighted by Crippen LogP contribution is 2.41. The predicted molar refractivity (Wildman–Crippen MR) is 107 cm³/mol. The Balaban J connectivity index is 1.64. The fraction of sp³-hybridized carbons (Fsp3) is 0.450. The van der Waals surface area contributed by atoms with Crippen LogP contribution in [0.15, 0.2) is 18.2 Å². The molecule has 1 unspecified atom stereocenters. The van der Waals surface area contributed by atoms with Gasteiger partial charge in [0.25, 0.3) is 0 Å². The average molecular weight is 508 g/mol. The summed E-state index contributed by atoms with van der Waals surface area (Å²) >= 11 is 6.13. The van der Waals surface area contributed by atoms with Crippen LogP contribution in [0.1, 0.15) is 35.4 Å². The van der Waals surface area contributed by atoms with Crippen LogP contribution >= 0.6 is 11.6 Å². The third kappa shape index (κ3) is 4.27. The van der Waals surface area contributed by atoms with Gasteiger partial charge in [-0.05, 0) is 30.2 Å². The van der Waals surface area contributed by atoms with Crippen molar-refractivity contribution in [1.82, 2.24) is 19.9 Å². The van der Waals surface area contributed by atoms with E-state index in [1.54, 1.807) is 18.2 Å². The highest BCUT2D eigenvalue weighted by molar-refractivity contribution is 6.31. The molecule has 4 heterocycles. The number of aromatic nitrogens is 4. The van der Waals surface area contributed by atoms with Crippen LogP contribution in [-0.2, 0) is 28.2 Å². The van der Waals surface area contributed by atoms with Gasteiger partial charge in [0.2, 0.25) is 17.6 Å². The molecular formula is C20H16ClF6N5O2. The quantitative estimate of drug-likeness (QED) is 0.508. The molecule has 2 aliphatic heterocycles. The molecule has 5 rings (SSSR count). The Morgan fingerprint density at radius 2 is 1.65 bits per heavy atom. The van der Waals surface area contributed by atoms with Crippen LogP contribution in [0.4, 0.5) is 32.3 Å². The monoisotopic (exact) mass is 507 g/mol. The molecule has 0 aliphatic carbocycles. The van der Waals surface area contributed by atoms with Crippen molar-refractivity contribution in [3.63, 3.8) is 0 Å². The molecule has 34 heavy (non-hydrogen) atoms. The predicted octanol–water partition coefficient (Wildman–Crippen LogP) is 4.91. The Hall–Kier alpha value is -2.64. The summed E-state index contributed by atoms with van der Waals surface area (Å²) in [6.45, 7) is 0.714. The third-order valence-electron chi connectivity index (χ3n) is 5.71. The molecule has 0 radical (unpaired) electrons. The molecule has 1 aromatic carbocycles. The summed E-state index contributed by atoms with van der Waals surface area (Å²) in [4.78, 5) is 13.9. The number of halogens is 7. The molecule has 2 aliphatic rings. The van der Waals surface area contributed by atoms with Gasteiger partial charge in [-0.1, -0.05) is 11.6 Å². The Kier molecular flexibility index (Phi) is 5.60. The van der Waals surface area contributed by atoms with Crippen LogP contribution in [0.5, 0.6) is 0 Å². The second kappa shape index (κ2) is 8.24. The van der Waals surface area contributed by atoms with Gasteiger partial charge < -0.3 is 19.4 Å². The first-order chi connectivity index (χ1) is 16.0. The number of rotatable bonds is 3. The molecule has 0 amide bonds. The number of alkyl halides is 6. The first-order valence-corrected chi connectivity index (χ1v) is 10.6.